The van der Waals surface area contributed by atoms with E-state index in [1.54, 1.807) is 23.6 Å². The van der Waals surface area contributed by atoms with E-state index >= 15 is 0 Å². The Bertz CT molecular complexity index is 1330. The predicted octanol–water partition coefficient (Wildman–Crippen LogP) is 2.56. The average Bonchev–Trinajstić information content (AvgIpc) is 3.42. The molecule has 0 spiro atoms. The number of carbonyl (C=O) groups is 1. The molecule has 0 saturated carbocycles. The molecule has 30 heavy (non-hydrogen) atoms. The van der Waals surface area contributed by atoms with Gasteiger partial charge in [-0.2, -0.15) is 5.10 Å². The number of anilines is 1. The van der Waals surface area contributed by atoms with E-state index < -0.39 is 0 Å². The Kier molecular flexibility index (Phi) is 4.59. The summed E-state index contributed by atoms with van der Waals surface area (Å²) in [6.07, 6.45) is 1.57. The molecule has 1 unspecified atom stereocenters. The molecule has 0 aliphatic carbocycles. The molecule has 1 aliphatic heterocycles. The summed E-state index contributed by atoms with van der Waals surface area (Å²) in [5.41, 5.74) is 0.757. The molecule has 1 atom stereocenters. The van der Waals surface area contributed by atoms with E-state index in [2.05, 4.69) is 25.6 Å². The first-order valence-electron chi connectivity index (χ1n) is 8.98. The molecule has 0 bridgehead atoms. The van der Waals surface area contributed by atoms with Gasteiger partial charge in [-0.3, -0.25) is 14.2 Å². The summed E-state index contributed by atoms with van der Waals surface area (Å²) in [5, 5.41) is 16.8. The second-order valence-electron chi connectivity index (χ2n) is 6.68. The molecule has 0 fully saturated rings. The topological polar surface area (TPSA) is 108 Å². The van der Waals surface area contributed by atoms with Gasteiger partial charge in [-0.15, -0.1) is 10.2 Å². The van der Waals surface area contributed by atoms with Crippen LogP contribution in [0.1, 0.15) is 17.5 Å². The molecule has 1 aliphatic rings. The van der Waals surface area contributed by atoms with Crippen LogP contribution in [0, 0.1) is 12.7 Å². The maximum absolute atomic E-state index is 13.2. The summed E-state index contributed by atoms with van der Waals surface area (Å²) in [5.74, 6) is -0.0374. The zero-order valence-electron chi connectivity index (χ0n) is 15.6. The Morgan fingerprint density at radius 1 is 1.30 bits per heavy atom. The Balaban J connectivity index is 1.46. The molecule has 4 aromatic rings. The second kappa shape index (κ2) is 7.29. The Morgan fingerprint density at radius 2 is 2.10 bits per heavy atom. The fourth-order valence-electron chi connectivity index (χ4n) is 3.28. The highest BCUT2D eigenvalue weighted by atomic mass is 32.2. The van der Waals surface area contributed by atoms with Crippen LogP contribution < -0.4 is 10.9 Å². The van der Waals surface area contributed by atoms with Gasteiger partial charge in [0.05, 0.1) is 17.9 Å². The summed E-state index contributed by atoms with van der Waals surface area (Å²) in [6, 6.07) is 5.48. The molecule has 3 aromatic heterocycles. The average molecular weight is 443 g/mol. The van der Waals surface area contributed by atoms with Crippen LogP contribution in [0.4, 0.5) is 9.52 Å². The molecular formula is C18H14FN7O2S2. The first kappa shape index (κ1) is 18.9. The van der Waals surface area contributed by atoms with E-state index in [1.807, 2.05) is 0 Å². The molecule has 1 N–H and O–H groups in total. The van der Waals surface area contributed by atoms with E-state index in [0.29, 0.717) is 32.8 Å². The summed E-state index contributed by atoms with van der Waals surface area (Å²) < 4.78 is 16.3. The minimum Gasteiger partial charge on any atom is -0.300 e. The zero-order valence-corrected chi connectivity index (χ0v) is 17.2. The number of nitrogens with zero attached hydrogens (tertiary/aromatic N) is 6. The number of thioether (sulfide) groups is 1. The molecule has 5 rings (SSSR count). The highest BCUT2D eigenvalue weighted by Gasteiger charge is 2.29. The number of amides is 1. The van der Waals surface area contributed by atoms with Gasteiger partial charge < -0.3 is 5.32 Å². The lowest BCUT2D eigenvalue weighted by Gasteiger charge is -2.12. The van der Waals surface area contributed by atoms with Crippen molar-refractivity contribution >= 4 is 45.2 Å². The van der Waals surface area contributed by atoms with E-state index in [1.165, 1.54) is 46.1 Å². The number of hydrogen-bond acceptors (Lipinski definition) is 8. The standard InChI is InChI=1S/C18H14FN7O2S2/c1-9-23-24-17(30-9)21-14(27)6-12-8-29-18-22-15-13(16(28)25(12)18)7-20-26(15)11-4-2-10(19)3-5-11/h2-5,7,12H,6,8H2,1H3,(H,21,24,27). The van der Waals surface area contributed by atoms with Gasteiger partial charge in [-0.25, -0.2) is 14.1 Å². The number of halogens is 1. The molecule has 9 nitrogen and oxygen atoms in total. The lowest BCUT2D eigenvalue weighted by Crippen LogP contribution is -2.27. The molecule has 0 saturated heterocycles. The van der Waals surface area contributed by atoms with Gasteiger partial charge >= 0.3 is 0 Å². The summed E-state index contributed by atoms with van der Waals surface area (Å²) in [7, 11) is 0. The number of hydrogen-bond donors (Lipinski definition) is 1. The van der Waals surface area contributed by atoms with Crippen molar-refractivity contribution in [3.63, 3.8) is 0 Å². The third kappa shape index (κ3) is 3.27. The highest BCUT2D eigenvalue weighted by Crippen LogP contribution is 2.33. The van der Waals surface area contributed by atoms with Crippen molar-refractivity contribution in [3.8, 4) is 5.69 Å². The lowest BCUT2D eigenvalue weighted by molar-refractivity contribution is -0.116. The molecule has 0 radical (unpaired) electrons. The zero-order chi connectivity index (χ0) is 20.8. The summed E-state index contributed by atoms with van der Waals surface area (Å²) >= 11 is 2.70. The highest BCUT2D eigenvalue weighted by molar-refractivity contribution is 7.99. The third-order valence-corrected chi connectivity index (χ3v) is 6.49. The monoisotopic (exact) mass is 443 g/mol. The van der Waals surface area contributed by atoms with Gasteiger partial charge in [0.2, 0.25) is 11.0 Å². The minimum absolute atomic E-state index is 0.123. The molecular weight excluding hydrogens is 429 g/mol. The summed E-state index contributed by atoms with van der Waals surface area (Å²) in [6.45, 7) is 1.81. The Labute approximate surface area is 177 Å². The normalized spacial score (nSPS) is 15.5. The van der Waals surface area contributed by atoms with Crippen molar-refractivity contribution in [3.05, 3.63) is 51.6 Å². The SMILES string of the molecule is Cc1nnc(NC(=O)CC2CSc3nc4c(cnn4-c4ccc(F)cc4)c(=O)n32)s1. The molecule has 1 amide bonds. The largest absolute Gasteiger partial charge is 0.300 e. The fraction of sp³-hybridized carbons (Fsp3) is 0.222. The van der Waals surface area contributed by atoms with E-state index in [0.717, 1.165) is 5.01 Å². The lowest BCUT2D eigenvalue weighted by atomic mass is 10.2. The maximum atomic E-state index is 13.2. The van der Waals surface area contributed by atoms with Crippen LogP contribution in [-0.2, 0) is 4.79 Å². The summed E-state index contributed by atoms with van der Waals surface area (Å²) in [4.78, 5) is 30.1. The van der Waals surface area contributed by atoms with Crippen molar-refractivity contribution < 1.29 is 9.18 Å². The second-order valence-corrected chi connectivity index (χ2v) is 8.85. The number of aryl methyl sites for hydroxylation is 1. The van der Waals surface area contributed by atoms with Crippen LogP contribution in [0.25, 0.3) is 16.7 Å². The first-order valence-corrected chi connectivity index (χ1v) is 10.8. The quantitative estimate of drug-likeness (QED) is 0.483. The van der Waals surface area contributed by atoms with Crippen molar-refractivity contribution in [2.24, 2.45) is 0 Å². The van der Waals surface area contributed by atoms with E-state index in [-0.39, 0.29) is 29.7 Å². The van der Waals surface area contributed by atoms with Crippen LogP contribution in [0.3, 0.4) is 0 Å². The van der Waals surface area contributed by atoms with Gasteiger partial charge in [0.25, 0.3) is 5.56 Å². The number of aromatic nitrogens is 6. The Morgan fingerprint density at radius 3 is 2.83 bits per heavy atom. The number of fused-ring (bicyclic) bond motifs is 2. The van der Waals surface area contributed by atoms with Crippen LogP contribution in [0.5, 0.6) is 0 Å². The third-order valence-electron chi connectivity index (χ3n) is 4.64. The fourth-order valence-corrected chi connectivity index (χ4v) is 5.02. The van der Waals surface area contributed by atoms with Crippen molar-refractivity contribution in [1.29, 1.82) is 0 Å². The van der Waals surface area contributed by atoms with Gasteiger partial charge in [0, 0.05) is 12.2 Å². The number of carbonyl (C=O) groups excluding carboxylic acids is 1. The van der Waals surface area contributed by atoms with Crippen LogP contribution in [0.15, 0.2) is 40.4 Å². The van der Waals surface area contributed by atoms with Gasteiger partial charge in [-0.1, -0.05) is 23.1 Å². The van der Waals surface area contributed by atoms with Crippen molar-refractivity contribution in [2.45, 2.75) is 24.5 Å². The van der Waals surface area contributed by atoms with Gasteiger partial charge in [0.15, 0.2) is 10.8 Å². The van der Waals surface area contributed by atoms with E-state index in [4.69, 9.17) is 0 Å². The smallest absolute Gasteiger partial charge is 0.265 e. The maximum Gasteiger partial charge on any atom is 0.265 e. The number of rotatable bonds is 4. The molecule has 152 valence electrons. The minimum atomic E-state index is -0.357. The number of benzene rings is 1. The molecule has 12 heteroatoms. The Hall–Kier alpha value is -3.12. The van der Waals surface area contributed by atoms with Gasteiger partial charge in [0.1, 0.15) is 16.2 Å². The van der Waals surface area contributed by atoms with Crippen LogP contribution >= 0.6 is 23.1 Å². The van der Waals surface area contributed by atoms with Crippen LogP contribution in [0.2, 0.25) is 0 Å². The van der Waals surface area contributed by atoms with Crippen molar-refractivity contribution in [2.75, 3.05) is 11.1 Å². The van der Waals surface area contributed by atoms with E-state index in [9.17, 15) is 14.0 Å². The predicted molar refractivity (Wildman–Crippen MR) is 111 cm³/mol. The molecule has 1 aromatic carbocycles. The number of nitrogens with one attached hydrogen (secondary N) is 1. The van der Waals surface area contributed by atoms with Gasteiger partial charge in [-0.05, 0) is 31.2 Å². The first-order chi connectivity index (χ1) is 14.5. The van der Waals surface area contributed by atoms with Crippen LogP contribution in [-0.4, -0.2) is 41.2 Å². The molecule has 4 heterocycles. The van der Waals surface area contributed by atoms with Crippen molar-refractivity contribution in [1.82, 2.24) is 29.5 Å².